The highest BCUT2D eigenvalue weighted by Gasteiger charge is 2.11. The Morgan fingerprint density at radius 3 is 2.68 bits per heavy atom. The number of aromatic hydroxyl groups is 1. The van der Waals surface area contributed by atoms with E-state index in [1.165, 1.54) is 6.07 Å². The van der Waals surface area contributed by atoms with Gasteiger partial charge in [-0.1, -0.05) is 35.5 Å². The van der Waals surface area contributed by atoms with Crippen LogP contribution in [0.1, 0.15) is 11.5 Å². The Morgan fingerprint density at radius 2 is 1.95 bits per heavy atom. The highest BCUT2D eigenvalue weighted by molar-refractivity contribution is 5.60. The van der Waals surface area contributed by atoms with Gasteiger partial charge < -0.3 is 20.1 Å². The van der Waals surface area contributed by atoms with Crippen molar-refractivity contribution in [1.82, 2.24) is 10.1 Å². The lowest BCUT2D eigenvalue weighted by molar-refractivity contribution is 0.289. The Labute approximate surface area is 127 Å². The van der Waals surface area contributed by atoms with E-state index in [1.54, 1.807) is 12.1 Å². The number of hydrogen-bond donors (Lipinski definition) is 2. The summed E-state index contributed by atoms with van der Waals surface area (Å²) < 4.78 is 10.6. The fourth-order valence-corrected chi connectivity index (χ4v) is 1.96. The molecule has 22 heavy (non-hydrogen) atoms. The Kier molecular flexibility index (Phi) is 4.02. The molecule has 0 saturated carbocycles. The average molecular weight is 297 g/mol. The smallest absolute Gasteiger partial charge is 0.240 e. The van der Waals surface area contributed by atoms with Crippen LogP contribution >= 0.6 is 0 Å². The van der Waals surface area contributed by atoms with Gasteiger partial charge in [-0.25, -0.2) is 0 Å². The number of phenols is 1. The summed E-state index contributed by atoms with van der Waals surface area (Å²) in [5.74, 6) is 1.18. The first-order chi connectivity index (χ1) is 10.8. The minimum atomic E-state index is 0.0576. The summed E-state index contributed by atoms with van der Waals surface area (Å²) >= 11 is 0. The second-order valence-electron chi connectivity index (χ2n) is 4.67. The first kappa shape index (κ1) is 14.1. The number of rotatable bonds is 5. The predicted octanol–water partition coefficient (Wildman–Crippen LogP) is 2.48. The Morgan fingerprint density at radius 1 is 1.14 bits per heavy atom. The van der Waals surface area contributed by atoms with Crippen molar-refractivity contribution in [2.45, 2.75) is 13.2 Å². The normalized spacial score (nSPS) is 10.6. The van der Waals surface area contributed by atoms with E-state index in [-0.39, 0.29) is 12.3 Å². The summed E-state index contributed by atoms with van der Waals surface area (Å²) in [6, 6.07) is 14.6. The minimum absolute atomic E-state index is 0.0576. The van der Waals surface area contributed by atoms with Crippen LogP contribution in [0.4, 0.5) is 0 Å². The van der Waals surface area contributed by atoms with Crippen molar-refractivity contribution in [2.24, 2.45) is 5.73 Å². The van der Waals surface area contributed by atoms with Crippen molar-refractivity contribution in [3.8, 4) is 22.9 Å². The summed E-state index contributed by atoms with van der Waals surface area (Å²) in [7, 11) is 0. The third-order valence-corrected chi connectivity index (χ3v) is 3.10. The standard InChI is InChI=1S/C16H15N3O3/c17-9-15-18-16(19-22-15)12-6-7-13(20)14(8-12)21-10-11-4-2-1-3-5-11/h1-8,20H,9-10,17H2. The Hall–Kier alpha value is -2.86. The molecule has 3 N–H and O–H groups in total. The maximum atomic E-state index is 9.90. The van der Waals surface area contributed by atoms with Crippen molar-refractivity contribution in [2.75, 3.05) is 0 Å². The van der Waals surface area contributed by atoms with Gasteiger partial charge in [-0.2, -0.15) is 4.98 Å². The topological polar surface area (TPSA) is 94.4 Å². The summed E-state index contributed by atoms with van der Waals surface area (Å²) in [6.45, 7) is 0.542. The zero-order chi connectivity index (χ0) is 15.4. The fraction of sp³-hybridized carbons (Fsp3) is 0.125. The lowest BCUT2D eigenvalue weighted by Gasteiger charge is -2.09. The van der Waals surface area contributed by atoms with Crippen LogP contribution in [0.25, 0.3) is 11.4 Å². The lowest BCUT2D eigenvalue weighted by Crippen LogP contribution is -1.96. The molecule has 6 nitrogen and oxygen atoms in total. The third kappa shape index (κ3) is 3.07. The van der Waals surface area contributed by atoms with E-state index in [4.69, 9.17) is 15.0 Å². The van der Waals surface area contributed by atoms with Crippen LogP contribution in [0, 0.1) is 0 Å². The van der Waals surface area contributed by atoms with Crippen LogP contribution < -0.4 is 10.5 Å². The van der Waals surface area contributed by atoms with E-state index in [9.17, 15) is 5.11 Å². The van der Waals surface area contributed by atoms with Gasteiger partial charge in [0.05, 0.1) is 6.54 Å². The SMILES string of the molecule is NCc1nc(-c2ccc(O)c(OCc3ccccc3)c2)no1. The second kappa shape index (κ2) is 6.28. The van der Waals surface area contributed by atoms with Gasteiger partial charge in [0.2, 0.25) is 11.7 Å². The highest BCUT2D eigenvalue weighted by Crippen LogP contribution is 2.31. The molecule has 0 aliphatic carbocycles. The van der Waals surface area contributed by atoms with E-state index >= 15 is 0 Å². The Bertz CT molecular complexity index is 756. The number of nitrogens with zero attached hydrogens (tertiary/aromatic N) is 2. The van der Waals surface area contributed by atoms with E-state index < -0.39 is 0 Å². The molecular formula is C16H15N3O3. The quantitative estimate of drug-likeness (QED) is 0.751. The van der Waals surface area contributed by atoms with Crippen molar-refractivity contribution >= 4 is 0 Å². The van der Waals surface area contributed by atoms with Crippen molar-refractivity contribution in [3.05, 3.63) is 60.0 Å². The van der Waals surface area contributed by atoms with Gasteiger partial charge in [0.1, 0.15) is 6.61 Å². The van der Waals surface area contributed by atoms with Gasteiger partial charge in [-0.15, -0.1) is 0 Å². The molecule has 112 valence electrons. The van der Waals surface area contributed by atoms with Crippen LogP contribution in [-0.2, 0) is 13.2 Å². The second-order valence-corrected chi connectivity index (χ2v) is 4.67. The number of ether oxygens (including phenoxy) is 1. The molecule has 0 fully saturated rings. The maximum absolute atomic E-state index is 9.90. The first-order valence-electron chi connectivity index (χ1n) is 6.79. The van der Waals surface area contributed by atoms with Crippen molar-refractivity contribution in [1.29, 1.82) is 0 Å². The fourth-order valence-electron chi connectivity index (χ4n) is 1.96. The highest BCUT2D eigenvalue weighted by atomic mass is 16.5. The minimum Gasteiger partial charge on any atom is -0.504 e. The maximum Gasteiger partial charge on any atom is 0.240 e. The summed E-state index contributed by atoms with van der Waals surface area (Å²) in [5, 5.41) is 13.7. The van der Waals surface area contributed by atoms with Gasteiger partial charge in [0, 0.05) is 5.56 Å². The molecule has 2 aromatic carbocycles. The van der Waals surface area contributed by atoms with E-state index in [0.717, 1.165) is 5.56 Å². The van der Waals surface area contributed by atoms with Gasteiger partial charge >= 0.3 is 0 Å². The molecule has 0 saturated heterocycles. The van der Waals surface area contributed by atoms with Crippen LogP contribution in [-0.4, -0.2) is 15.2 Å². The predicted molar refractivity (Wildman–Crippen MR) is 80.1 cm³/mol. The van der Waals surface area contributed by atoms with Crippen molar-refractivity contribution < 1.29 is 14.4 Å². The lowest BCUT2D eigenvalue weighted by atomic mass is 10.2. The average Bonchev–Trinajstić information content (AvgIpc) is 3.04. The largest absolute Gasteiger partial charge is 0.504 e. The van der Waals surface area contributed by atoms with Crippen LogP contribution in [0.2, 0.25) is 0 Å². The van der Waals surface area contributed by atoms with Crippen LogP contribution in [0.5, 0.6) is 11.5 Å². The number of hydrogen-bond acceptors (Lipinski definition) is 6. The number of nitrogens with two attached hydrogens (primary N) is 1. The Balaban J connectivity index is 1.80. The molecule has 0 aliphatic rings. The van der Waals surface area contributed by atoms with E-state index in [2.05, 4.69) is 10.1 Å². The van der Waals surface area contributed by atoms with E-state index in [0.29, 0.717) is 29.6 Å². The molecule has 6 heteroatoms. The zero-order valence-electron chi connectivity index (χ0n) is 11.8. The van der Waals surface area contributed by atoms with Gasteiger partial charge in [0.25, 0.3) is 0 Å². The molecule has 0 amide bonds. The van der Waals surface area contributed by atoms with Gasteiger partial charge in [0.15, 0.2) is 11.5 Å². The first-order valence-corrected chi connectivity index (χ1v) is 6.79. The molecule has 3 rings (SSSR count). The molecule has 0 bridgehead atoms. The third-order valence-electron chi connectivity index (χ3n) is 3.10. The van der Waals surface area contributed by atoms with Gasteiger partial charge in [-0.05, 0) is 23.8 Å². The number of phenolic OH excluding ortho intramolecular Hbond substituents is 1. The molecule has 0 aliphatic heterocycles. The van der Waals surface area contributed by atoms with E-state index in [1.807, 2.05) is 30.3 Å². The molecule has 1 aromatic heterocycles. The van der Waals surface area contributed by atoms with Crippen molar-refractivity contribution in [3.63, 3.8) is 0 Å². The molecular weight excluding hydrogens is 282 g/mol. The van der Waals surface area contributed by atoms with Crippen LogP contribution in [0.3, 0.4) is 0 Å². The zero-order valence-corrected chi connectivity index (χ0v) is 11.8. The van der Waals surface area contributed by atoms with Crippen LogP contribution in [0.15, 0.2) is 53.1 Å². The molecule has 0 radical (unpaired) electrons. The summed E-state index contributed by atoms with van der Waals surface area (Å²) in [4.78, 5) is 4.15. The molecule has 1 heterocycles. The molecule has 0 atom stereocenters. The number of aromatic nitrogens is 2. The van der Waals surface area contributed by atoms with Gasteiger partial charge in [-0.3, -0.25) is 0 Å². The summed E-state index contributed by atoms with van der Waals surface area (Å²) in [6.07, 6.45) is 0. The number of benzene rings is 2. The molecule has 0 unspecified atom stereocenters. The molecule has 3 aromatic rings. The molecule has 0 spiro atoms. The summed E-state index contributed by atoms with van der Waals surface area (Å²) in [5.41, 5.74) is 7.14. The monoisotopic (exact) mass is 297 g/mol.